The molecular formula is C18H17FN2. The van der Waals surface area contributed by atoms with Crippen LogP contribution in [0.3, 0.4) is 0 Å². The third-order valence-corrected chi connectivity index (χ3v) is 4.02. The molecule has 1 aliphatic rings. The van der Waals surface area contributed by atoms with Gasteiger partial charge in [0.2, 0.25) is 0 Å². The van der Waals surface area contributed by atoms with E-state index in [9.17, 15) is 4.39 Å². The van der Waals surface area contributed by atoms with Crippen LogP contribution in [0.1, 0.15) is 42.7 Å². The summed E-state index contributed by atoms with van der Waals surface area (Å²) in [5, 5.41) is 17.1. The number of rotatable bonds is 3. The second-order valence-electron chi connectivity index (χ2n) is 5.36. The van der Waals surface area contributed by atoms with Crippen molar-refractivity contribution in [3.05, 3.63) is 59.4 Å². The van der Waals surface area contributed by atoms with Crippen LogP contribution in [0, 0.1) is 28.6 Å². The fourth-order valence-corrected chi connectivity index (χ4v) is 2.81. The van der Waals surface area contributed by atoms with Gasteiger partial charge in [0.25, 0.3) is 0 Å². The number of hydrogen-bond acceptors (Lipinski definition) is 2. The van der Waals surface area contributed by atoms with Crippen molar-refractivity contribution in [1.82, 2.24) is 0 Å². The Morgan fingerprint density at radius 2 is 1.76 bits per heavy atom. The number of hydrogen-bond donors (Lipinski definition) is 0. The molecule has 106 valence electrons. The highest BCUT2D eigenvalue weighted by Crippen LogP contribution is 2.36. The molecule has 0 saturated heterocycles. The SMILES string of the molecule is N#CC(F)=CC=C[C@H]1CC[C@H](c2ccc(C#N)cc2)CC1. The van der Waals surface area contributed by atoms with Crippen molar-refractivity contribution < 1.29 is 4.39 Å². The Morgan fingerprint density at radius 3 is 2.33 bits per heavy atom. The van der Waals surface area contributed by atoms with Crippen LogP contribution in [-0.2, 0) is 0 Å². The van der Waals surface area contributed by atoms with E-state index in [1.165, 1.54) is 17.7 Å². The van der Waals surface area contributed by atoms with Gasteiger partial charge in [-0.1, -0.05) is 24.3 Å². The molecule has 0 bridgehead atoms. The maximum atomic E-state index is 12.7. The van der Waals surface area contributed by atoms with Crippen LogP contribution in [-0.4, -0.2) is 0 Å². The van der Waals surface area contributed by atoms with Crippen molar-refractivity contribution in [2.45, 2.75) is 31.6 Å². The maximum Gasteiger partial charge on any atom is 0.199 e. The van der Waals surface area contributed by atoms with Gasteiger partial charge in [-0.25, -0.2) is 0 Å². The molecular weight excluding hydrogens is 263 g/mol. The van der Waals surface area contributed by atoms with Gasteiger partial charge in [0.05, 0.1) is 11.6 Å². The fraction of sp³-hybridized carbons (Fsp3) is 0.333. The zero-order valence-corrected chi connectivity index (χ0v) is 11.8. The quantitative estimate of drug-likeness (QED) is 0.591. The number of benzene rings is 1. The topological polar surface area (TPSA) is 47.6 Å². The van der Waals surface area contributed by atoms with Gasteiger partial charge in [0.15, 0.2) is 5.83 Å². The highest BCUT2D eigenvalue weighted by molar-refractivity contribution is 5.33. The molecule has 0 radical (unpaired) electrons. The van der Waals surface area contributed by atoms with Gasteiger partial charge in [-0.3, -0.25) is 0 Å². The van der Waals surface area contributed by atoms with Crippen molar-refractivity contribution in [3.8, 4) is 12.1 Å². The molecule has 1 saturated carbocycles. The van der Waals surface area contributed by atoms with E-state index in [-0.39, 0.29) is 0 Å². The number of halogens is 1. The van der Waals surface area contributed by atoms with E-state index in [4.69, 9.17) is 10.5 Å². The van der Waals surface area contributed by atoms with Crippen molar-refractivity contribution in [2.24, 2.45) is 5.92 Å². The molecule has 0 amide bonds. The first kappa shape index (κ1) is 15.0. The Bertz CT molecular complexity index is 606. The molecule has 0 spiro atoms. The van der Waals surface area contributed by atoms with E-state index < -0.39 is 5.83 Å². The third kappa shape index (κ3) is 4.29. The zero-order chi connectivity index (χ0) is 15.1. The second-order valence-corrected chi connectivity index (χ2v) is 5.36. The molecule has 3 heteroatoms. The number of allylic oxidation sites excluding steroid dienone is 4. The molecule has 0 atom stereocenters. The van der Waals surface area contributed by atoms with Crippen molar-refractivity contribution in [2.75, 3.05) is 0 Å². The van der Waals surface area contributed by atoms with Crippen LogP contribution in [0.5, 0.6) is 0 Å². The first-order chi connectivity index (χ1) is 10.2. The molecule has 1 fully saturated rings. The summed E-state index contributed by atoms with van der Waals surface area (Å²) < 4.78 is 12.7. The first-order valence-electron chi connectivity index (χ1n) is 7.17. The molecule has 0 aliphatic heterocycles. The van der Waals surface area contributed by atoms with Gasteiger partial charge in [0, 0.05) is 0 Å². The zero-order valence-electron chi connectivity index (χ0n) is 11.8. The lowest BCUT2D eigenvalue weighted by Crippen LogP contribution is -2.11. The summed E-state index contributed by atoms with van der Waals surface area (Å²) in [5.74, 6) is 0.258. The fourth-order valence-electron chi connectivity index (χ4n) is 2.81. The van der Waals surface area contributed by atoms with Crippen LogP contribution in [0.4, 0.5) is 4.39 Å². The summed E-state index contributed by atoms with van der Waals surface area (Å²) in [6, 6.07) is 11.4. The Balaban J connectivity index is 1.88. The summed E-state index contributed by atoms with van der Waals surface area (Å²) in [6.45, 7) is 0. The largest absolute Gasteiger partial charge is 0.199 e. The molecule has 1 aromatic carbocycles. The van der Waals surface area contributed by atoms with E-state index in [0.29, 0.717) is 17.4 Å². The summed E-state index contributed by atoms with van der Waals surface area (Å²) in [7, 11) is 0. The third-order valence-electron chi connectivity index (χ3n) is 4.02. The predicted molar refractivity (Wildman–Crippen MR) is 79.8 cm³/mol. The van der Waals surface area contributed by atoms with E-state index in [2.05, 4.69) is 6.07 Å². The smallest absolute Gasteiger partial charge is 0.195 e. The summed E-state index contributed by atoms with van der Waals surface area (Å²) in [6.07, 6.45) is 9.20. The van der Waals surface area contributed by atoms with Crippen molar-refractivity contribution >= 4 is 0 Å². The molecule has 0 aromatic heterocycles. The monoisotopic (exact) mass is 280 g/mol. The van der Waals surface area contributed by atoms with Gasteiger partial charge in [-0.15, -0.1) is 0 Å². The Hall–Kier alpha value is -2.39. The van der Waals surface area contributed by atoms with Gasteiger partial charge in [0.1, 0.15) is 6.07 Å². The Kier molecular flexibility index (Phi) is 5.29. The number of nitriles is 2. The second kappa shape index (κ2) is 7.41. The van der Waals surface area contributed by atoms with Gasteiger partial charge < -0.3 is 0 Å². The van der Waals surface area contributed by atoms with Crippen LogP contribution in [0.15, 0.2) is 48.3 Å². The molecule has 0 N–H and O–H groups in total. The minimum atomic E-state index is -0.752. The van der Waals surface area contributed by atoms with E-state index in [1.807, 2.05) is 30.3 Å². The van der Waals surface area contributed by atoms with Gasteiger partial charge >= 0.3 is 0 Å². The first-order valence-corrected chi connectivity index (χ1v) is 7.17. The van der Waals surface area contributed by atoms with Gasteiger partial charge in [-0.2, -0.15) is 14.9 Å². The highest BCUT2D eigenvalue weighted by Gasteiger charge is 2.20. The van der Waals surface area contributed by atoms with E-state index >= 15 is 0 Å². The van der Waals surface area contributed by atoms with Crippen molar-refractivity contribution in [1.29, 1.82) is 10.5 Å². The van der Waals surface area contributed by atoms with Crippen molar-refractivity contribution in [3.63, 3.8) is 0 Å². The molecule has 0 heterocycles. The minimum Gasteiger partial charge on any atom is -0.195 e. The summed E-state index contributed by atoms with van der Waals surface area (Å²) >= 11 is 0. The van der Waals surface area contributed by atoms with Crippen LogP contribution < -0.4 is 0 Å². The van der Waals surface area contributed by atoms with E-state index in [1.54, 1.807) is 6.08 Å². The Morgan fingerprint density at radius 1 is 1.10 bits per heavy atom. The lowest BCUT2D eigenvalue weighted by Gasteiger charge is -2.27. The molecule has 1 aromatic rings. The molecule has 1 aliphatic carbocycles. The molecule has 2 rings (SSSR count). The average molecular weight is 280 g/mol. The molecule has 2 nitrogen and oxygen atoms in total. The van der Waals surface area contributed by atoms with Crippen LogP contribution in [0.25, 0.3) is 0 Å². The minimum absolute atomic E-state index is 0.461. The lowest BCUT2D eigenvalue weighted by atomic mass is 9.78. The van der Waals surface area contributed by atoms with Crippen LogP contribution >= 0.6 is 0 Å². The highest BCUT2D eigenvalue weighted by atomic mass is 19.1. The predicted octanol–water partition coefficient (Wildman–Crippen LogP) is 4.77. The number of nitrogens with zero attached hydrogens (tertiary/aromatic N) is 2. The Labute approximate surface area is 124 Å². The van der Waals surface area contributed by atoms with E-state index in [0.717, 1.165) is 25.7 Å². The average Bonchev–Trinajstić information content (AvgIpc) is 2.55. The normalized spacial score (nSPS) is 22.7. The molecule has 21 heavy (non-hydrogen) atoms. The summed E-state index contributed by atoms with van der Waals surface area (Å²) in [4.78, 5) is 0. The lowest BCUT2D eigenvalue weighted by molar-refractivity contribution is 0.376. The summed E-state index contributed by atoms with van der Waals surface area (Å²) in [5.41, 5.74) is 1.99. The standard InChI is InChI=1S/C18H17FN2/c19-18(13-21)3-1-2-14-4-8-16(9-5-14)17-10-6-15(12-20)7-11-17/h1-3,6-7,10-11,14,16H,4-5,8-9H2/t14-,16-. The van der Waals surface area contributed by atoms with Crippen LogP contribution in [0.2, 0.25) is 0 Å². The molecule has 0 unspecified atom stereocenters. The van der Waals surface area contributed by atoms with Gasteiger partial charge in [-0.05, 0) is 61.3 Å². The maximum absolute atomic E-state index is 12.7.